The Balaban J connectivity index is 1.47. The monoisotopic (exact) mass is 614 g/mol. The number of ether oxygens (including phenoxy) is 4. The van der Waals surface area contributed by atoms with Gasteiger partial charge in [-0.3, -0.25) is 10.1 Å². The average molecular weight is 615 g/mol. The Kier molecular flexibility index (Phi) is 9.38. The van der Waals surface area contributed by atoms with E-state index in [0.29, 0.717) is 23.4 Å². The SMILES string of the molecule is COC(=O)C1=C(C)NC(C)=C(C(=O)OCCc2ccc(S(=O)(=O)CC3COC(C)(C)O3)cc2)C1c1cccc([N+](=O)[O-])c1. The number of nitrogens with one attached hydrogen (secondary N) is 1. The van der Waals surface area contributed by atoms with Crippen molar-refractivity contribution in [1.29, 1.82) is 0 Å². The number of nitro benzene ring substituents is 1. The van der Waals surface area contributed by atoms with Crippen LogP contribution in [-0.4, -0.2) is 63.2 Å². The summed E-state index contributed by atoms with van der Waals surface area (Å²) in [7, 11) is -2.40. The lowest BCUT2D eigenvalue weighted by Crippen LogP contribution is -2.32. The van der Waals surface area contributed by atoms with Gasteiger partial charge in [-0.05, 0) is 51.0 Å². The second-order valence-electron chi connectivity index (χ2n) is 10.7. The Morgan fingerprint density at radius 2 is 1.72 bits per heavy atom. The zero-order valence-electron chi connectivity index (χ0n) is 24.5. The van der Waals surface area contributed by atoms with Gasteiger partial charge in [-0.15, -0.1) is 0 Å². The van der Waals surface area contributed by atoms with Crippen molar-refractivity contribution in [3.63, 3.8) is 0 Å². The molecule has 0 spiro atoms. The van der Waals surface area contributed by atoms with Crippen LogP contribution < -0.4 is 5.32 Å². The van der Waals surface area contributed by atoms with Gasteiger partial charge in [-0.25, -0.2) is 18.0 Å². The van der Waals surface area contributed by atoms with Crippen LogP contribution in [0.1, 0.15) is 44.7 Å². The predicted molar refractivity (Wildman–Crippen MR) is 154 cm³/mol. The summed E-state index contributed by atoms with van der Waals surface area (Å²) in [5, 5.41) is 14.5. The molecule has 230 valence electrons. The quantitative estimate of drug-likeness (QED) is 0.236. The maximum absolute atomic E-state index is 13.4. The van der Waals surface area contributed by atoms with E-state index in [0.717, 1.165) is 5.56 Å². The first-order valence-electron chi connectivity index (χ1n) is 13.5. The molecule has 13 heteroatoms. The Morgan fingerprint density at radius 1 is 1.07 bits per heavy atom. The second kappa shape index (κ2) is 12.7. The molecule has 12 nitrogen and oxygen atoms in total. The largest absolute Gasteiger partial charge is 0.466 e. The number of allylic oxidation sites excluding steroid dienone is 2. The van der Waals surface area contributed by atoms with Crippen LogP contribution in [0.25, 0.3) is 0 Å². The highest BCUT2D eigenvalue weighted by molar-refractivity contribution is 7.91. The summed E-state index contributed by atoms with van der Waals surface area (Å²) in [6.07, 6.45) is -0.268. The van der Waals surface area contributed by atoms with Gasteiger partial charge in [0.25, 0.3) is 5.69 Å². The molecule has 43 heavy (non-hydrogen) atoms. The molecule has 2 aliphatic heterocycles. The Morgan fingerprint density at radius 3 is 2.30 bits per heavy atom. The third-order valence-electron chi connectivity index (χ3n) is 7.18. The van der Waals surface area contributed by atoms with Crippen LogP contribution in [0.15, 0.2) is 76.0 Å². The number of benzene rings is 2. The maximum Gasteiger partial charge on any atom is 0.336 e. The summed E-state index contributed by atoms with van der Waals surface area (Å²) in [4.78, 5) is 37.3. The number of carbonyl (C=O) groups is 2. The molecule has 4 rings (SSSR count). The minimum Gasteiger partial charge on any atom is -0.466 e. The molecule has 2 aliphatic rings. The zero-order valence-corrected chi connectivity index (χ0v) is 25.4. The topological polar surface area (TPSA) is 160 Å². The molecular weight excluding hydrogens is 580 g/mol. The molecule has 0 aromatic heterocycles. The smallest absolute Gasteiger partial charge is 0.336 e. The maximum atomic E-state index is 13.4. The highest BCUT2D eigenvalue weighted by Crippen LogP contribution is 2.40. The van der Waals surface area contributed by atoms with Crippen LogP contribution in [-0.2, 0) is 44.8 Å². The lowest BCUT2D eigenvalue weighted by Gasteiger charge is -2.30. The van der Waals surface area contributed by atoms with Gasteiger partial charge >= 0.3 is 11.9 Å². The van der Waals surface area contributed by atoms with Crippen molar-refractivity contribution < 1.29 is 41.9 Å². The molecular formula is C30H34N2O10S. The standard InChI is InChI=1S/C30H34N2O10S/c1-18-25(28(33)39-5)27(21-7-6-8-22(15-21)32(35)36)26(19(2)31-18)29(34)40-14-13-20-9-11-24(12-10-20)43(37,38)17-23-16-41-30(3,4)42-23/h6-12,15,23,27,31H,13-14,16-17H2,1-5H3. The summed E-state index contributed by atoms with van der Waals surface area (Å²) < 4.78 is 47.4. The van der Waals surface area contributed by atoms with Gasteiger partial charge in [0.1, 0.15) is 0 Å². The fourth-order valence-corrected chi connectivity index (χ4v) is 6.58. The summed E-state index contributed by atoms with van der Waals surface area (Å²) in [5.74, 6) is -3.39. The highest BCUT2D eigenvalue weighted by Gasteiger charge is 2.39. The minimum atomic E-state index is -3.61. The Hall–Kier alpha value is -4.07. The third-order valence-corrected chi connectivity index (χ3v) is 8.98. The van der Waals surface area contributed by atoms with Crippen molar-refractivity contribution in [3.8, 4) is 0 Å². The van der Waals surface area contributed by atoms with Crippen molar-refractivity contribution in [2.75, 3.05) is 26.1 Å². The molecule has 0 amide bonds. The molecule has 0 saturated carbocycles. The van der Waals surface area contributed by atoms with Crippen molar-refractivity contribution >= 4 is 27.5 Å². The number of esters is 2. The minimum absolute atomic E-state index is 0.0397. The number of nitrogens with zero attached hydrogens (tertiary/aromatic N) is 1. The Bertz CT molecular complexity index is 1590. The molecule has 1 N–H and O–H groups in total. The number of hydrogen-bond acceptors (Lipinski definition) is 11. The lowest BCUT2D eigenvalue weighted by atomic mass is 9.80. The summed E-state index contributed by atoms with van der Waals surface area (Å²) in [5.41, 5.74) is 2.04. The van der Waals surface area contributed by atoms with E-state index in [-0.39, 0.29) is 40.7 Å². The fraction of sp³-hybridized carbons (Fsp3) is 0.400. The molecule has 2 atom stereocenters. The predicted octanol–water partition coefficient (Wildman–Crippen LogP) is 3.71. The van der Waals surface area contributed by atoms with Gasteiger partial charge in [-0.2, -0.15) is 0 Å². The first kappa shape index (κ1) is 31.9. The number of methoxy groups -OCH3 is 1. The lowest BCUT2D eigenvalue weighted by molar-refractivity contribution is -0.384. The van der Waals surface area contributed by atoms with Crippen molar-refractivity contribution in [3.05, 3.63) is 92.3 Å². The van der Waals surface area contributed by atoms with Gasteiger partial charge in [0, 0.05) is 29.9 Å². The Labute approximate surface area is 249 Å². The molecule has 2 unspecified atom stereocenters. The van der Waals surface area contributed by atoms with Crippen LogP contribution in [0.4, 0.5) is 5.69 Å². The third kappa shape index (κ3) is 7.29. The average Bonchev–Trinajstić information content (AvgIpc) is 3.29. The first-order valence-corrected chi connectivity index (χ1v) is 15.2. The van der Waals surface area contributed by atoms with Gasteiger partial charge in [-0.1, -0.05) is 24.3 Å². The van der Waals surface area contributed by atoms with Crippen LogP contribution in [0.3, 0.4) is 0 Å². The molecule has 0 aliphatic carbocycles. The molecule has 2 heterocycles. The van der Waals surface area contributed by atoms with E-state index in [1.54, 1.807) is 45.9 Å². The second-order valence-corrected chi connectivity index (χ2v) is 12.8. The summed E-state index contributed by atoms with van der Waals surface area (Å²) in [6, 6.07) is 12.0. The number of dihydropyridines is 1. The molecule has 0 radical (unpaired) electrons. The van der Waals surface area contributed by atoms with E-state index in [1.165, 1.54) is 37.4 Å². The van der Waals surface area contributed by atoms with E-state index in [4.69, 9.17) is 18.9 Å². The van der Waals surface area contributed by atoms with Crippen LogP contribution in [0.5, 0.6) is 0 Å². The zero-order chi connectivity index (χ0) is 31.5. The number of sulfone groups is 1. The molecule has 2 aromatic rings. The van der Waals surface area contributed by atoms with Crippen LogP contribution in [0, 0.1) is 10.1 Å². The molecule has 1 fully saturated rings. The number of carbonyl (C=O) groups excluding carboxylic acids is 2. The number of nitro groups is 1. The number of hydrogen-bond donors (Lipinski definition) is 1. The van der Waals surface area contributed by atoms with Crippen molar-refractivity contribution in [2.24, 2.45) is 0 Å². The van der Waals surface area contributed by atoms with Crippen molar-refractivity contribution in [1.82, 2.24) is 5.32 Å². The number of rotatable bonds is 10. The van der Waals surface area contributed by atoms with E-state index >= 15 is 0 Å². The highest BCUT2D eigenvalue weighted by atomic mass is 32.2. The fourth-order valence-electron chi connectivity index (χ4n) is 5.19. The number of non-ortho nitro benzene ring substituents is 1. The molecule has 2 aromatic carbocycles. The van der Waals surface area contributed by atoms with E-state index in [1.807, 2.05) is 0 Å². The summed E-state index contributed by atoms with van der Waals surface area (Å²) >= 11 is 0. The van der Waals surface area contributed by atoms with Crippen LogP contribution in [0.2, 0.25) is 0 Å². The molecule has 0 bridgehead atoms. The normalized spacial score (nSPS) is 20.0. The van der Waals surface area contributed by atoms with Gasteiger partial charge in [0.05, 0.1) is 59.1 Å². The van der Waals surface area contributed by atoms with Gasteiger partial charge < -0.3 is 24.3 Å². The molecule has 1 saturated heterocycles. The van der Waals surface area contributed by atoms with E-state index in [2.05, 4.69) is 5.32 Å². The van der Waals surface area contributed by atoms with E-state index < -0.39 is 44.5 Å². The van der Waals surface area contributed by atoms with Crippen LogP contribution >= 0.6 is 0 Å². The van der Waals surface area contributed by atoms with Crippen molar-refractivity contribution in [2.45, 2.75) is 56.8 Å². The van der Waals surface area contributed by atoms with E-state index in [9.17, 15) is 28.1 Å². The first-order chi connectivity index (χ1) is 20.2. The van der Waals surface area contributed by atoms with Gasteiger partial charge in [0.2, 0.25) is 0 Å². The summed E-state index contributed by atoms with van der Waals surface area (Å²) in [6.45, 7) is 6.92. The van der Waals surface area contributed by atoms with Gasteiger partial charge in [0.15, 0.2) is 15.6 Å².